The lowest BCUT2D eigenvalue weighted by Crippen LogP contribution is -2.41. The maximum Gasteiger partial charge on any atom is 0.407 e. The van der Waals surface area contributed by atoms with Crippen molar-refractivity contribution in [3.8, 4) is 5.75 Å². The number of alkyl carbamates (subject to hydrolysis) is 1. The van der Waals surface area contributed by atoms with Crippen LogP contribution in [-0.2, 0) is 22.4 Å². The van der Waals surface area contributed by atoms with Crippen LogP contribution in [0.2, 0.25) is 0 Å². The fourth-order valence-corrected chi connectivity index (χ4v) is 3.60. The summed E-state index contributed by atoms with van der Waals surface area (Å²) in [5, 5.41) is 24.9. The second-order valence-electron chi connectivity index (χ2n) is 9.79. The molecule has 0 fully saturated rings. The third-order valence-electron chi connectivity index (χ3n) is 5.42. The predicted molar refractivity (Wildman–Crippen MR) is 142 cm³/mol. The topological polar surface area (TPSA) is 229 Å². The molecule has 3 rings (SSSR count). The van der Waals surface area contributed by atoms with Gasteiger partial charge in [0.15, 0.2) is 17.0 Å². The lowest BCUT2D eigenvalue weighted by Gasteiger charge is -2.20. The molecule has 1 aromatic carbocycles. The number of phenols is 1. The smallest absolute Gasteiger partial charge is 0.407 e. The highest BCUT2D eigenvalue weighted by Gasteiger charge is 2.22. The van der Waals surface area contributed by atoms with Gasteiger partial charge in [-0.05, 0) is 64.2 Å². The van der Waals surface area contributed by atoms with Crippen LogP contribution in [-0.4, -0.2) is 66.3 Å². The third kappa shape index (κ3) is 8.38. The molecule has 208 valence electrons. The Hall–Kier alpha value is -4.75. The van der Waals surface area contributed by atoms with E-state index in [1.165, 1.54) is 12.1 Å². The molecule has 2 heterocycles. The van der Waals surface area contributed by atoms with Crippen LogP contribution in [0, 0.1) is 0 Å². The number of hydrogen-bond donors (Lipinski definition) is 6. The molecule has 0 unspecified atom stereocenters. The summed E-state index contributed by atoms with van der Waals surface area (Å²) in [7, 11) is 0. The van der Waals surface area contributed by atoms with Crippen LogP contribution < -0.4 is 22.1 Å². The van der Waals surface area contributed by atoms with Crippen molar-refractivity contribution < 1.29 is 29.3 Å². The van der Waals surface area contributed by atoms with E-state index < -0.39 is 29.6 Å². The zero-order valence-electron chi connectivity index (χ0n) is 21.9. The number of rotatable bonds is 10. The van der Waals surface area contributed by atoms with Crippen LogP contribution in [0.5, 0.6) is 5.75 Å². The first-order valence-corrected chi connectivity index (χ1v) is 12.2. The number of carbonyl (C=O) groups is 3. The van der Waals surface area contributed by atoms with Crippen molar-refractivity contribution in [2.75, 3.05) is 18.0 Å². The Morgan fingerprint density at radius 2 is 1.85 bits per heavy atom. The summed E-state index contributed by atoms with van der Waals surface area (Å²) in [4.78, 5) is 52.5. The van der Waals surface area contributed by atoms with Gasteiger partial charge in [0.25, 0.3) is 5.91 Å². The number of nitrogens with zero attached hydrogens (tertiary/aromatic N) is 4. The number of aryl methyl sites for hydroxylation is 2. The van der Waals surface area contributed by atoms with E-state index in [0.717, 1.165) is 5.56 Å². The number of amides is 2. The van der Waals surface area contributed by atoms with E-state index >= 15 is 0 Å². The molecule has 0 aliphatic carbocycles. The van der Waals surface area contributed by atoms with Gasteiger partial charge in [0.05, 0.1) is 17.5 Å². The van der Waals surface area contributed by atoms with Gasteiger partial charge in [-0.25, -0.2) is 19.6 Å². The molecule has 0 radical (unpaired) electrons. The molecule has 0 saturated heterocycles. The van der Waals surface area contributed by atoms with E-state index in [1.54, 1.807) is 33.0 Å². The summed E-state index contributed by atoms with van der Waals surface area (Å²) in [5.74, 6) is -2.13. The number of hydrogen-bond acceptors (Lipinski definition) is 11. The average molecular weight is 541 g/mol. The second kappa shape index (κ2) is 12.2. The summed E-state index contributed by atoms with van der Waals surface area (Å²) >= 11 is 0. The molecule has 0 saturated carbocycles. The third-order valence-corrected chi connectivity index (χ3v) is 5.42. The minimum absolute atomic E-state index is 0.00605. The highest BCUT2D eigenvalue weighted by atomic mass is 16.6. The maximum atomic E-state index is 12.7. The zero-order valence-corrected chi connectivity index (χ0v) is 21.9. The predicted octanol–water partition coefficient (Wildman–Crippen LogP) is 1.56. The largest absolute Gasteiger partial charge is 0.507 e. The first kappa shape index (κ1) is 28.8. The minimum Gasteiger partial charge on any atom is -0.507 e. The van der Waals surface area contributed by atoms with Crippen molar-refractivity contribution in [2.45, 2.75) is 58.1 Å². The second-order valence-corrected chi connectivity index (χ2v) is 9.79. The molecule has 1 atom stereocenters. The summed E-state index contributed by atoms with van der Waals surface area (Å²) in [6.07, 6.45) is 2.20. The SMILES string of the molecule is CC(C)(C)OC(=O)NCCC[C@H](NC(=O)c1ccc(CCc2cnc3nc(N)nc(N)c3n2)cc1O)C(=O)O. The van der Waals surface area contributed by atoms with Gasteiger partial charge in [-0.1, -0.05) is 6.07 Å². The fraction of sp³-hybridized carbons (Fsp3) is 0.400. The van der Waals surface area contributed by atoms with Crippen molar-refractivity contribution in [3.63, 3.8) is 0 Å². The number of carboxylic acid groups (broad SMARTS) is 1. The number of anilines is 2. The normalized spacial score (nSPS) is 12.1. The van der Waals surface area contributed by atoms with E-state index in [1.807, 2.05) is 0 Å². The molecule has 39 heavy (non-hydrogen) atoms. The van der Waals surface area contributed by atoms with Gasteiger partial charge in [-0.2, -0.15) is 9.97 Å². The van der Waals surface area contributed by atoms with Crippen molar-refractivity contribution in [2.24, 2.45) is 0 Å². The average Bonchev–Trinajstić information content (AvgIpc) is 2.83. The van der Waals surface area contributed by atoms with Crippen molar-refractivity contribution in [3.05, 3.63) is 41.2 Å². The Balaban J connectivity index is 1.55. The van der Waals surface area contributed by atoms with Crippen molar-refractivity contribution in [1.29, 1.82) is 0 Å². The number of carbonyl (C=O) groups excluding carboxylic acids is 2. The molecular formula is C25H32N8O6. The van der Waals surface area contributed by atoms with Gasteiger partial charge >= 0.3 is 12.1 Å². The molecule has 2 aromatic heterocycles. The molecule has 8 N–H and O–H groups in total. The van der Waals surface area contributed by atoms with Gasteiger partial charge in [-0.3, -0.25) is 4.79 Å². The Morgan fingerprint density at radius 1 is 1.10 bits per heavy atom. The number of nitrogens with two attached hydrogens (primary N) is 2. The molecule has 14 heteroatoms. The van der Waals surface area contributed by atoms with Crippen molar-refractivity contribution in [1.82, 2.24) is 30.6 Å². The van der Waals surface area contributed by atoms with E-state index in [9.17, 15) is 24.6 Å². The standard InChI is InChI=1S/C25H32N8O6/c1-25(2,3)39-24(38)28-10-4-5-16(22(36)37)31-21(35)15-9-7-13(11-17(15)34)6-8-14-12-29-20-18(30-14)19(26)32-23(27)33-20/h7,9,11-12,16,34H,4-6,8,10H2,1-3H3,(H,28,38)(H,31,35)(H,36,37)(H4,26,27,29,32,33)/t16-/m0/s1. The van der Waals surface area contributed by atoms with Crippen LogP contribution >= 0.6 is 0 Å². The molecular weight excluding hydrogens is 508 g/mol. The van der Waals surface area contributed by atoms with Crippen LogP contribution in [0.1, 0.15) is 55.2 Å². The molecule has 0 bridgehead atoms. The number of benzene rings is 1. The number of phenolic OH excluding ortho intramolecular Hbond substituents is 1. The van der Waals surface area contributed by atoms with Crippen LogP contribution in [0.15, 0.2) is 24.4 Å². The number of aromatic nitrogens is 4. The van der Waals surface area contributed by atoms with E-state index in [-0.39, 0.29) is 48.1 Å². The number of nitrogens with one attached hydrogen (secondary N) is 2. The number of carboxylic acids is 1. The molecule has 0 aliphatic rings. The number of fused-ring (bicyclic) bond motifs is 1. The molecule has 14 nitrogen and oxygen atoms in total. The summed E-state index contributed by atoms with van der Waals surface area (Å²) in [6, 6.07) is 3.29. The molecule has 0 spiro atoms. The van der Waals surface area contributed by atoms with Crippen LogP contribution in [0.25, 0.3) is 11.2 Å². The number of aromatic hydroxyl groups is 1. The number of ether oxygens (including phenoxy) is 1. The minimum atomic E-state index is -1.23. The fourth-order valence-electron chi connectivity index (χ4n) is 3.60. The van der Waals surface area contributed by atoms with E-state index in [0.29, 0.717) is 24.1 Å². The number of aliphatic carboxylic acids is 1. The first-order valence-electron chi connectivity index (χ1n) is 12.2. The van der Waals surface area contributed by atoms with Gasteiger partial charge in [0, 0.05) is 6.54 Å². The number of nitrogen functional groups attached to an aromatic ring is 2. The Morgan fingerprint density at radius 3 is 2.51 bits per heavy atom. The summed E-state index contributed by atoms with van der Waals surface area (Å²) < 4.78 is 5.12. The highest BCUT2D eigenvalue weighted by molar-refractivity contribution is 5.98. The highest BCUT2D eigenvalue weighted by Crippen LogP contribution is 2.21. The van der Waals surface area contributed by atoms with Gasteiger partial charge in [0.1, 0.15) is 17.4 Å². The van der Waals surface area contributed by atoms with Gasteiger partial charge in [-0.15, -0.1) is 0 Å². The van der Waals surface area contributed by atoms with Crippen LogP contribution in [0.3, 0.4) is 0 Å². The van der Waals surface area contributed by atoms with E-state index in [2.05, 4.69) is 30.6 Å². The summed E-state index contributed by atoms with van der Waals surface area (Å²) in [6.45, 7) is 5.36. The maximum absolute atomic E-state index is 12.7. The Kier molecular flexibility index (Phi) is 9.01. The van der Waals surface area contributed by atoms with Gasteiger partial charge < -0.3 is 37.1 Å². The molecule has 0 aliphatic heterocycles. The van der Waals surface area contributed by atoms with E-state index in [4.69, 9.17) is 16.2 Å². The summed E-state index contributed by atoms with van der Waals surface area (Å²) in [5.41, 5.74) is 12.7. The van der Waals surface area contributed by atoms with Gasteiger partial charge in [0.2, 0.25) is 5.95 Å². The molecule has 3 aromatic rings. The lowest BCUT2D eigenvalue weighted by molar-refractivity contribution is -0.139. The van der Waals surface area contributed by atoms with Crippen molar-refractivity contribution >= 4 is 40.9 Å². The van der Waals surface area contributed by atoms with Crippen LogP contribution in [0.4, 0.5) is 16.6 Å². The lowest BCUT2D eigenvalue weighted by atomic mass is 10.0. The Labute approximate surface area is 224 Å². The first-order chi connectivity index (χ1) is 18.3. The quantitative estimate of drug-likeness (QED) is 0.201. The zero-order chi connectivity index (χ0) is 28.7. The monoisotopic (exact) mass is 540 g/mol. The molecule has 2 amide bonds. The Bertz CT molecular complexity index is 1370.